The molecular weight excluding hydrogens is 988 g/mol. The van der Waals surface area contributed by atoms with Crippen LogP contribution in [0.2, 0.25) is 0 Å². The van der Waals surface area contributed by atoms with E-state index in [1.165, 1.54) is 27.8 Å². The molecule has 7 aromatic carbocycles. The van der Waals surface area contributed by atoms with Crippen LogP contribution in [0.15, 0.2) is 164 Å². The minimum absolute atomic E-state index is 0. The second-order valence-corrected chi connectivity index (χ2v) is 20.3. The first-order chi connectivity index (χ1) is 31.1. The van der Waals surface area contributed by atoms with Crippen molar-refractivity contribution in [3.63, 3.8) is 0 Å². The van der Waals surface area contributed by atoms with Crippen molar-refractivity contribution >= 4 is 44.6 Å². The largest absolute Gasteiger partial charge is 0.509 e. The minimum Gasteiger partial charge on any atom is -0.509 e. The van der Waals surface area contributed by atoms with E-state index in [1.807, 2.05) is 24.4 Å². The molecule has 2 aromatic heterocycles. The summed E-state index contributed by atoms with van der Waals surface area (Å²) >= 11 is 0. The van der Waals surface area contributed by atoms with Gasteiger partial charge in [0.05, 0.1) is 0 Å². The molecular formula is C60H55N4OPt-3. The Morgan fingerprint density at radius 1 is 0.515 bits per heavy atom. The van der Waals surface area contributed by atoms with Crippen LogP contribution >= 0.6 is 0 Å². The summed E-state index contributed by atoms with van der Waals surface area (Å²) in [5.41, 5.74) is 14.5. The van der Waals surface area contributed by atoms with Crippen LogP contribution in [0.5, 0.6) is 11.5 Å². The first-order valence-corrected chi connectivity index (χ1v) is 22.6. The molecule has 0 aliphatic carbocycles. The molecule has 1 aliphatic heterocycles. The molecule has 0 radical (unpaired) electrons. The molecule has 9 aromatic rings. The molecule has 0 saturated carbocycles. The number of hydrogen-bond acceptors (Lipinski definition) is 4. The van der Waals surface area contributed by atoms with Gasteiger partial charge in [0.25, 0.3) is 0 Å². The summed E-state index contributed by atoms with van der Waals surface area (Å²) in [6.07, 6.45) is 1.90. The molecule has 6 heteroatoms. The molecule has 5 nitrogen and oxygen atoms in total. The zero-order valence-electron chi connectivity index (χ0n) is 39.2. The number of hydrogen-bond donors (Lipinski definition) is 0. The van der Waals surface area contributed by atoms with Crippen molar-refractivity contribution in [2.75, 3.05) is 9.80 Å². The third-order valence-corrected chi connectivity index (χ3v) is 12.6. The number of pyridine rings is 1. The fourth-order valence-electron chi connectivity index (χ4n) is 8.88. The average molecular weight is 1040 g/mol. The van der Waals surface area contributed by atoms with E-state index >= 15 is 0 Å². The van der Waals surface area contributed by atoms with Gasteiger partial charge in [-0.1, -0.05) is 153 Å². The molecule has 0 bridgehead atoms. The Kier molecular flexibility index (Phi) is 11.6. The van der Waals surface area contributed by atoms with Crippen LogP contribution in [-0.4, -0.2) is 9.55 Å². The number of aromatic nitrogens is 2. The predicted octanol–water partition coefficient (Wildman–Crippen LogP) is 16.2. The summed E-state index contributed by atoms with van der Waals surface area (Å²) in [5, 5.41) is 2.23. The maximum Gasteiger partial charge on any atom is 0.135 e. The Morgan fingerprint density at radius 3 is 1.91 bits per heavy atom. The summed E-state index contributed by atoms with van der Waals surface area (Å²) in [7, 11) is 0. The Morgan fingerprint density at radius 2 is 1.17 bits per heavy atom. The van der Waals surface area contributed by atoms with Crippen LogP contribution in [-0.2, 0) is 37.3 Å². The molecule has 0 spiro atoms. The van der Waals surface area contributed by atoms with Crippen molar-refractivity contribution in [3.05, 3.63) is 199 Å². The second kappa shape index (κ2) is 17.1. The first-order valence-electron chi connectivity index (χ1n) is 22.6. The second-order valence-electron chi connectivity index (χ2n) is 20.3. The monoisotopic (exact) mass is 1040 g/mol. The Labute approximate surface area is 405 Å². The van der Waals surface area contributed by atoms with Gasteiger partial charge in [0, 0.05) is 66.9 Å². The minimum atomic E-state index is -0.0530. The van der Waals surface area contributed by atoms with E-state index in [2.05, 4.69) is 235 Å². The number of nitrogens with zero attached hydrogens (tertiary/aromatic N) is 4. The third kappa shape index (κ3) is 8.46. The van der Waals surface area contributed by atoms with Gasteiger partial charge in [-0.25, -0.2) is 4.98 Å². The quantitative estimate of drug-likeness (QED) is 0.149. The molecule has 3 heterocycles. The molecule has 66 heavy (non-hydrogen) atoms. The van der Waals surface area contributed by atoms with Gasteiger partial charge in [0.2, 0.25) is 0 Å². The van der Waals surface area contributed by atoms with E-state index in [0.717, 1.165) is 61.5 Å². The summed E-state index contributed by atoms with van der Waals surface area (Å²) in [6.45, 7) is 22.7. The predicted molar refractivity (Wildman–Crippen MR) is 271 cm³/mol. The number of benzene rings is 7. The van der Waals surface area contributed by atoms with E-state index in [9.17, 15) is 0 Å². The number of rotatable bonds is 7. The van der Waals surface area contributed by atoms with E-state index in [1.54, 1.807) is 0 Å². The topological polar surface area (TPSA) is 33.5 Å². The van der Waals surface area contributed by atoms with Crippen LogP contribution in [0.1, 0.15) is 79.0 Å². The van der Waals surface area contributed by atoms with Crippen LogP contribution in [0.25, 0.3) is 49.9 Å². The van der Waals surface area contributed by atoms with Gasteiger partial charge in [-0.3, -0.25) is 0 Å². The van der Waals surface area contributed by atoms with Gasteiger partial charge in [-0.05, 0) is 97.5 Å². The van der Waals surface area contributed by atoms with Gasteiger partial charge in [-0.15, -0.1) is 48.1 Å². The zero-order valence-corrected chi connectivity index (χ0v) is 41.5. The SMILES string of the molecule is CC(C)(C)c1cc(N2[CH-]N(c3[c-]c(Oc4[c-]c5c(cc4)c4ccccc4n5-c4cc(C(C)(C)C)ccn4)ccc3)c3cccc(-c4cccc(-c5ccccc5)c4)c32)cc(C(C)(C)C)c1.[Pt]. The molecule has 0 unspecified atom stereocenters. The van der Waals surface area contributed by atoms with Crippen molar-refractivity contribution in [3.8, 4) is 39.6 Å². The molecule has 0 amide bonds. The fourth-order valence-corrected chi connectivity index (χ4v) is 8.88. The normalized spacial score (nSPS) is 13.0. The van der Waals surface area contributed by atoms with Crippen molar-refractivity contribution in [1.29, 1.82) is 0 Å². The molecule has 0 fully saturated rings. The first kappa shape index (κ1) is 44.8. The molecule has 0 saturated heterocycles. The molecule has 334 valence electrons. The van der Waals surface area contributed by atoms with Gasteiger partial charge in [0.1, 0.15) is 5.82 Å². The molecule has 0 N–H and O–H groups in total. The van der Waals surface area contributed by atoms with Crippen molar-refractivity contribution in [1.82, 2.24) is 9.55 Å². The third-order valence-electron chi connectivity index (χ3n) is 12.6. The Balaban J connectivity index is 0.00000548. The molecule has 0 atom stereocenters. The number of anilines is 4. The van der Waals surface area contributed by atoms with Gasteiger partial charge >= 0.3 is 0 Å². The summed E-state index contributed by atoms with van der Waals surface area (Å²) in [4.78, 5) is 9.48. The summed E-state index contributed by atoms with van der Waals surface area (Å²) in [5.74, 6) is 2.05. The number of para-hydroxylation sites is 2. The van der Waals surface area contributed by atoms with E-state index in [4.69, 9.17) is 9.72 Å². The number of fused-ring (bicyclic) bond motifs is 4. The van der Waals surface area contributed by atoms with E-state index in [0.29, 0.717) is 11.5 Å². The van der Waals surface area contributed by atoms with Crippen molar-refractivity contribution in [2.45, 2.75) is 78.6 Å². The van der Waals surface area contributed by atoms with Crippen molar-refractivity contribution < 1.29 is 25.8 Å². The van der Waals surface area contributed by atoms with Crippen LogP contribution < -0.4 is 14.5 Å². The maximum absolute atomic E-state index is 6.71. The Bertz CT molecular complexity index is 3210. The van der Waals surface area contributed by atoms with Gasteiger partial charge in [-0.2, -0.15) is 12.1 Å². The van der Waals surface area contributed by atoms with Gasteiger partial charge in [0.15, 0.2) is 0 Å². The van der Waals surface area contributed by atoms with Crippen LogP contribution in [0.3, 0.4) is 0 Å². The average Bonchev–Trinajstić information content (AvgIpc) is 3.85. The zero-order chi connectivity index (χ0) is 45.3. The fraction of sp³-hybridized carbons (Fsp3) is 0.200. The van der Waals surface area contributed by atoms with Crippen LogP contribution in [0, 0.1) is 18.8 Å². The van der Waals surface area contributed by atoms with Crippen molar-refractivity contribution in [2.24, 2.45) is 0 Å². The van der Waals surface area contributed by atoms with Crippen LogP contribution in [0.4, 0.5) is 22.7 Å². The standard InChI is InChI=1S/C60H55N4O.Pt/c1-58(2,3)43-30-31-61-56(36-43)64-53-26-14-13-24-51(53)52-29-28-49(38-55(52)64)65-48-23-16-22-46(37-48)62-39-63(47-34-44(59(4,5)6)33-45(35-47)60(7,8)9)57-50(25-17-27-54(57)62)42-21-15-20-41(32-42)40-18-11-10-12-19-40;/h10-36,39H,1-9H3;/q-3;. The molecule has 1 aliphatic rings. The summed E-state index contributed by atoms with van der Waals surface area (Å²) < 4.78 is 8.91. The maximum atomic E-state index is 6.71. The van der Waals surface area contributed by atoms with E-state index < -0.39 is 0 Å². The molecule has 10 rings (SSSR count). The van der Waals surface area contributed by atoms with E-state index in [-0.39, 0.29) is 37.3 Å². The van der Waals surface area contributed by atoms with Gasteiger partial charge < -0.3 is 19.1 Å². The summed E-state index contributed by atoms with van der Waals surface area (Å²) in [6, 6.07) is 63.5. The Hall–Kier alpha value is -6.42. The number of ether oxygens (including phenoxy) is 1. The smallest absolute Gasteiger partial charge is 0.135 e.